The summed E-state index contributed by atoms with van der Waals surface area (Å²) < 4.78 is 49.4. The second-order valence-electron chi connectivity index (χ2n) is 4.10. The van der Waals surface area contributed by atoms with Gasteiger partial charge in [0.2, 0.25) is 0 Å². The van der Waals surface area contributed by atoms with Crippen LogP contribution in [0, 0.1) is 17.5 Å². The van der Waals surface area contributed by atoms with E-state index in [1.54, 1.807) is 0 Å². The van der Waals surface area contributed by atoms with Gasteiger partial charge < -0.3 is 9.16 Å². The van der Waals surface area contributed by atoms with Crippen LogP contribution < -0.4 is 0 Å². The third kappa shape index (κ3) is 2.70. The molecule has 2 rings (SSSR count). The summed E-state index contributed by atoms with van der Waals surface area (Å²) in [6, 6.07) is 2.11. The van der Waals surface area contributed by atoms with E-state index in [0.29, 0.717) is 10.5 Å². The standard InChI is InChI=1S/C11H13F3O2Si/c12-9-2-1-6(10(13)11(9)14)5-15-7-3-8(4-7)16-17/h1-2,7-8H,3-5H2,17H3/t7-,8+. The fourth-order valence-electron chi connectivity index (χ4n) is 1.73. The Bertz CT molecular complexity index is 408. The van der Waals surface area contributed by atoms with Crippen LogP contribution in [0.5, 0.6) is 0 Å². The van der Waals surface area contributed by atoms with E-state index in [9.17, 15) is 13.2 Å². The van der Waals surface area contributed by atoms with Gasteiger partial charge in [0.05, 0.1) is 12.7 Å². The third-order valence-electron chi connectivity index (χ3n) is 2.97. The molecular formula is C11H13F3O2Si. The first-order valence-corrected chi connectivity index (χ1v) is 6.20. The van der Waals surface area contributed by atoms with Crippen LogP contribution in [-0.2, 0) is 15.8 Å². The summed E-state index contributed by atoms with van der Waals surface area (Å²) in [7, 11) is 0.694. The van der Waals surface area contributed by atoms with E-state index in [1.807, 2.05) is 0 Å². The van der Waals surface area contributed by atoms with E-state index in [1.165, 1.54) is 6.07 Å². The van der Waals surface area contributed by atoms with Gasteiger partial charge in [-0.15, -0.1) is 0 Å². The number of hydrogen-bond donors (Lipinski definition) is 0. The molecule has 0 unspecified atom stereocenters. The van der Waals surface area contributed by atoms with E-state index >= 15 is 0 Å². The van der Waals surface area contributed by atoms with Crippen molar-refractivity contribution >= 4 is 10.5 Å². The molecule has 1 fully saturated rings. The van der Waals surface area contributed by atoms with Gasteiger partial charge in [-0.2, -0.15) is 0 Å². The van der Waals surface area contributed by atoms with Crippen molar-refractivity contribution in [3.8, 4) is 0 Å². The van der Waals surface area contributed by atoms with E-state index in [4.69, 9.17) is 9.16 Å². The van der Waals surface area contributed by atoms with E-state index in [2.05, 4.69) is 0 Å². The minimum Gasteiger partial charge on any atom is -0.425 e. The summed E-state index contributed by atoms with van der Waals surface area (Å²) in [6.45, 7) is -0.0401. The number of halogens is 3. The highest BCUT2D eigenvalue weighted by atomic mass is 28.2. The zero-order valence-corrected chi connectivity index (χ0v) is 11.4. The van der Waals surface area contributed by atoms with E-state index < -0.39 is 17.5 Å². The van der Waals surface area contributed by atoms with Crippen molar-refractivity contribution < 1.29 is 22.3 Å². The molecule has 0 heterocycles. The summed E-state index contributed by atoms with van der Waals surface area (Å²) in [5, 5.41) is 0. The lowest BCUT2D eigenvalue weighted by Gasteiger charge is -2.34. The summed E-state index contributed by atoms with van der Waals surface area (Å²) in [6.07, 6.45) is 1.85. The molecule has 0 bridgehead atoms. The number of ether oxygens (including phenoxy) is 1. The van der Waals surface area contributed by atoms with E-state index in [-0.39, 0.29) is 24.4 Å². The van der Waals surface area contributed by atoms with Crippen molar-refractivity contribution in [1.82, 2.24) is 0 Å². The maximum Gasteiger partial charge on any atom is 0.194 e. The molecule has 1 aromatic rings. The minimum absolute atomic E-state index is 0.0291. The summed E-state index contributed by atoms with van der Waals surface area (Å²) >= 11 is 0. The van der Waals surface area contributed by atoms with Crippen LogP contribution in [-0.4, -0.2) is 22.7 Å². The lowest BCUT2D eigenvalue weighted by Crippen LogP contribution is -2.37. The molecule has 0 saturated heterocycles. The lowest BCUT2D eigenvalue weighted by atomic mass is 9.92. The first-order valence-electron chi connectivity index (χ1n) is 5.38. The van der Waals surface area contributed by atoms with Crippen LogP contribution in [0.2, 0.25) is 0 Å². The Morgan fingerprint density at radius 3 is 2.47 bits per heavy atom. The fraction of sp³-hybridized carbons (Fsp3) is 0.455. The van der Waals surface area contributed by atoms with Gasteiger partial charge in [-0.25, -0.2) is 13.2 Å². The number of hydrogen-bond acceptors (Lipinski definition) is 2. The Morgan fingerprint density at radius 1 is 1.12 bits per heavy atom. The highest BCUT2D eigenvalue weighted by Crippen LogP contribution is 2.27. The molecule has 1 aromatic carbocycles. The fourth-order valence-corrected chi connectivity index (χ4v) is 2.12. The molecule has 0 aliphatic heterocycles. The van der Waals surface area contributed by atoms with Gasteiger partial charge in [0.25, 0.3) is 0 Å². The predicted molar refractivity (Wildman–Crippen MR) is 58.9 cm³/mol. The van der Waals surface area contributed by atoms with Gasteiger partial charge in [0.1, 0.15) is 10.5 Å². The molecule has 1 aliphatic rings. The van der Waals surface area contributed by atoms with Gasteiger partial charge in [0.15, 0.2) is 17.5 Å². The van der Waals surface area contributed by atoms with Crippen LogP contribution in [0.15, 0.2) is 12.1 Å². The van der Waals surface area contributed by atoms with Gasteiger partial charge in [-0.1, -0.05) is 6.07 Å². The Kier molecular flexibility index (Phi) is 3.85. The minimum atomic E-state index is -1.44. The van der Waals surface area contributed by atoms with Gasteiger partial charge in [0, 0.05) is 11.7 Å². The second kappa shape index (κ2) is 5.20. The van der Waals surface area contributed by atoms with Crippen LogP contribution in [0.3, 0.4) is 0 Å². The molecule has 94 valence electrons. The zero-order valence-electron chi connectivity index (χ0n) is 9.38. The number of rotatable bonds is 4. The Balaban J connectivity index is 1.90. The maximum atomic E-state index is 13.3. The van der Waals surface area contributed by atoms with Gasteiger partial charge in [-0.05, 0) is 18.9 Å². The van der Waals surface area contributed by atoms with Crippen molar-refractivity contribution in [3.05, 3.63) is 35.1 Å². The van der Waals surface area contributed by atoms with Crippen molar-refractivity contribution in [3.63, 3.8) is 0 Å². The molecule has 1 saturated carbocycles. The molecule has 0 amide bonds. The summed E-state index contributed by atoms with van der Waals surface area (Å²) in [4.78, 5) is 0. The van der Waals surface area contributed by atoms with E-state index in [0.717, 1.165) is 18.9 Å². The molecule has 2 nitrogen and oxygen atoms in total. The van der Waals surface area contributed by atoms with Crippen molar-refractivity contribution in [2.24, 2.45) is 0 Å². The van der Waals surface area contributed by atoms with Crippen molar-refractivity contribution in [2.45, 2.75) is 31.7 Å². The largest absolute Gasteiger partial charge is 0.425 e. The lowest BCUT2D eigenvalue weighted by molar-refractivity contribution is -0.0672. The highest BCUT2D eigenvalue weighted by molar-refractivity contribution is 5.98. The maximum absolute atomic E-state index is 13.3. The molecule has 0 aromatic heterocycles. The predicted octanol–water partition coefficient (Wildman–Crippen LogP) is 1.45. The quantitative estimate of drug-likeness (QED) is 0.604. The third-order valence-corrected chi connectivity index (χ3v) is 3.64. The average Bonchev–Trinajstić information content (AvgIpc) is 2.27. The molecule has 0 N–H and O–H groups in total. The molecule has 6 heteroatoms. The number of benzene rings is 1. The molecular weight excluding hydrogens is 249 g/mol. The molecule has 17 heavy (non-hydrogen) atoms. The average molecular weight is 262 g/mol. The van der Waals surface area contributed by atoms with Crippen LogP contribution >= 0.6 is 0 Å². The van der Waals surface area contributed by atoms with Crippen LogP contribution in [0.1, 0.15) is 18.4 Å². The van der Waals surface area contributed by atoms with Crippen LogP contribution in [0.25, 0.3) is 0 Å². The Hall–Kier alpha value is -0.853. The van der Waals surface area contributed by atoms with Gasteiger partial charge >= 0.3 is 0 Å². The summed E-state index contributed by atoms with van der Waals surface area (Å²) in [5.74, 6) is -3.79. The topological polar surface area (TPSA) is 18.5 Å². The summed E-state index contributed by atoms with van der Waals surface area (Å²) in [5.41, 5.74) is 0.0409. The molecule has 0 radical (unpaired) electrons. The monoisotopic (exact) mass is 262 g/mol. The van der Waals surface area contributed by atoms with Crippen LogP contribution in [0.4, 0.5) is 13.2 Å². The molecule has 1 aliphatic carbocycles. The SMILES string of the molecule is Fc1ccc(CO[C@H]2C[C@@H](O[SiH3])C2)c(F)c1F. The van der Waals surface area contributed by atoms with Gasteiger partial charge in [-0.3, -0.25) is 0 Å². The smallest absolute Gasteiger partial charge is 0.194 e. The molecule has 0 spiro atoms. The Morgan fingerprint density at radius 2 is 1.82 bits per heavy atom. The first kappa shape index (κ1) is 12.6. The molecule has 0 atom stereocenters. The zero-order chi connectivity index (χ0) is 12.4. The van der Waals surface area contributed by atoms with Crippen molar-refractivity contribution in [2.75, 3.05) is 0 Å². The second-order valence-corrected chi connectivity index (χ2v) is 4.57. The highest BCUT2D eigenvalue weighted by Gasteiger charge is 2.29. The normalized spacial score (nSPS) is 23.7. The first-order chi connectivity index (χ1) is 8.11. The van der Waals surface area contributed by atoms with Crippen molar-refractivity contribution in [1.29, 1.82) is 0 Å². The Labute approximate surface area is 100 Å².